The molecule has 5 nitrogen and oxygen atoms in total. The van der Waals surface area contributed by atoms with Gasteiger partial charge in [-0.15, -0.1) is 0 Å². The lowest BCUT2D eigenvalue weighted by molar-refractivity contribution is -0.123. The van der Waals surface area contributed by atoms with Gasteiger partial charge in [-0.25, -0.2) is 4.79 Å². The molecule has 22 heavy (non-hydrogen) atoms. The van der Waals surface area contributed by atoms with Crippen LogP contribution in [0.25, 0.3) is 11.0 Å². The van der Waals surface area contributed by atoms with Crippen molar-refractivity contribution in [1.82, 2.24) is 0 Å². The predicted octanol–water partition coefficient (Wildman–Crippen LogP) is 2.77. The molecule has 0 aliphatic carbocycles. The molecule has 1 aromatic carbocycles. The number of benzene rings is 1. The topological polar surface area (TPSA) is 68.5 Å². The fourth-order valence-electron chi connectivity index (χ4n) is 2.78. The number of amides is 1. The van der Waals surface area contributed by atoms with Gasteiger partial charge < -0.3 is 14.5 Å². The number of rotatable bonds is 2. The highest BCUT2D eigenvalue weighted by molar-refractivity contribution is 5.96. The first-order valence-corrected chi connectivity index (χ1v) is 7.48. The van der Waals surface area contributed by atoms with Gasteiger partial charge in [0.1, 0.15) is 5.58 Å². The third-order valence-corrected chi connectivity index (χ3v) is 4.09. The normalized spacial score (nSPS) is 18.4. The predicted molar refractivity (Wildman–Crippen MR) is 84.1 cm³/mol. The Kier molecular flexibility index (Phi) is 3.98. The first-order chi connectivity index (χ1) is 10.5. The van der Waals surface area contributed by atoms with Crippen LogP contribution >= 0.6 is 0 Å². The van der Waals surface area contributed by atoms with E-state index in [1.165, 1.54) is 6.07 Å². The summed E-state index contributed by atoms with van der Waals surface area (Å²) in [5.41, 5.74) is 2.64. The van der Waals surface area contributed by atoms with E-state index in [-0.39, 0.29) is 17.5 Å². The summed E-state index contributed by atoms with van der Waals surface area (Å²) in [5.74, 6) is -0.115. The fraction of sp³-hybridized carbons (Fsp3) is 0.412. The number of hydrogen-bond donors (Lipinski definition) is 1. The van der Waals surface area contributed by atoms with E-state index in [9.17, 15) is 9.59 Å². The van der Waals surface area contributed by atoms with Crippen LogP contribution in [0.2, 0.25) is 0 Å². The summed E-state index contributed by atoms with van der Waals surface area (Å²) < 4.78 is 10.6. The van der Waals surface area contributed by atoms with E-state index in [1.54, 1.807) is 6.07 Å². The molecule has 2 aromatic rings. The Hall–Kier alpha value is -2.14. The van der Waals surface area contributed by atoms with Crippen LogP contribution < -0.4 is 10.9 Å². The number of carbonyl (C=O) groups is 1. The van der Waals surface area contributed by atoms with Gasteiger partial charge in [0.25, 0.3) is 0 Å². The Labute approximate surface area is 128 Å². The van der Waals surface area contributed by atoms with E-state index in [4.69, 9.17) is 9.15 Å². The second-order valence-corrected chi connectivity index (χ2v) is 5.82. The second kappa shape index (κ2) is 5.93. The van der Waals surface area contributed by atoms with Crippen LogP contribution in [0.15, 0.2) is 27.4 Å². The molecule has 0 saturated carbocycles. The zero-order chi connectivity index (χ0) is 15.7. The summed E-state index contributed by atoms with van der Waals surface area (Å²) in [7, 11) is 0. The molecule has 0 spiro atoms. The first kappa shape index (κ1) is 14.8. The third-order valence-electron chi connectivity index (χ3n) is 4.09. The Bertz CT molecular complexity index is 772. The monoisotopic (exact) mass is 301 g/mol. The summed E-state index contributed by atoms with van der Waals surface area (Å²) in [6.07, 6.45) is 1.77. The second-order valence-electron chi connectivity index (χ2n) is 5.82. The first-order valence-electron chi connectivity index (χ1n) is 7.48. The van der Waals surface area contributed by atoms with Gasteiger partial charge in [0.2, 0.25) is 5.91 Å². The molecule has 3 rings (SSSR count). The van der Waals surface area contributed by atoms with Crippen molar-refractivity contribution in [3.8, 4) is 0 Å². The molecule has 1 saturated heterocycles. The van der Waals surface area contributed by atoms with Gasteiger partial charge in [-0.05, 0) is 49.9 Å². The van der Waals surface area contributed by atoms with E-state index in [1.807, 2.05) is 19.9 Å². The standard InChI is InChI=1S/C17H19NO4/c1-10-7-16(19)22-15-6-11(2)14(8-13(10)15)18-17(20)12-4-3-5-21-9-12/h6-8,12H,3-5,9H2,1-2H3,(H,18,20). The molecule has 1 aliphatic rings. The molecule has 116 valence electrons. The van der Waals surface area contributed by atoms with Crippen LogP contribution in [0.5, 0.6) is 0 Å². The zero-order valence-electron chi connectivity index (χ0n) is 12.8. The summed E-state index contributed by atoms with van der Waals surface area (Å²) in [6, 6.07) is 5.11. The zero-order valence-corrected chi connectivity index (χ0v) is 12.8. The third kappa shape index (κ3) is 2.90. The molecule has 1 N–H and O–H groups in total. The SMILES string of the molecule is Cc1cc2oc(=O)cc(C)c2cc1NC(=O)C1CCCOC1. The molecule has 1 fully saturated rings. The van der Waals surface area contributed by atoms with E-state index in [2.05, 4.69) is 5.32 Å². The smallest absolute Gasteiger partial charge is 0.336 e. The highest BCUT2D eigenvalue weighted by Gasteiger charge is 2.22. The molecule has 1 aromatic heterocycles. The maximum atomic E-state index is 12.3. The van der Waals surface area contributed by atoms with E-state index in [0.29, 0.717) is 12.2 Å². The van der Waals surface area contributed by atoms with Crippen molar-refractivity contribution in [2.75, 3.05) is 18.5 Å². The quantitative estimate of drug-likeness (QED) is 0.866. The molecular weight excluding hydrogens is 282 g/mol. The van der Waals surface area contributed by atoms with Crippen LogP contribution in [-0.2, 0) is 9.53 Å². The minimum Gasteiger partial charge on any atom is -0.423 e. The molecule has 0 bridgehead atoms. The number of ether oxygens (including phenoxy) is 1. The molecule has 0 radical (unpaired) electrons. The summed E-state index contributed by atoms with van der Waals surface area (Å²) in [4.78, 5) is 23.8. The van der Waals surface area contributed by atoms with Crippen molar-refractivity contribution < 1.29 is 13.9 Å². The van der Waals surface area contributed by atoms with Crippen LogP contribution in [0.4, 0.5) is 5.69 Å². The van der Waals surface area contributed by atoms with Crippen molar-refractivity contribution in [1.29, 1.82) is 0 Å². The number of nitrogens with one attached hydrogen (secondary N) is 1. The van der Waals surface area contributed by atoms with Crippen LogP contribution in [0, 0.1) is 19.8 Å². The average Bonchev–Trinajstić information content (AvgIpc) is 2.49. The van der Waals surface area contributed by atoms with Crippen molar-refractivity contribution >= 4 is 22.6 Å². The molecule has 5 heteroatoms. The van der Waals surface area contributed by atoms with Crippen LogP contribution in [0.1, 0.15) is 24.0 Å². The van der Waals surface area contributed by atoms with Gasteiger partial charge in [0.15, 0.2) is 0 Å². The Morgan fingerprint density at radius 3 is 2.77 bits per heavy atom. The lowest BCUT2D eigenvalue weighted by Gasteiger charge is -2.21. The molecule has 1 atom stereocenters. The van der Waals surface area contributed by atoms with Gasteiger partial charge in [-0.3, -0.25) is 4.79 Å². The van der Waals surface area contributed by atoms with E-state index < -0.39 is 0 Å². The molecule has 1 unspecified atom stereocenters. The highest BCUT2D eigenvalue weighted by atomic mass is 16.5. The largest absolute Gasteiger partial charge is 0.423 e. The van der Waals surface area contributed by atoms with Gasteiger partial charge >= 0.3 is 5.63 Å². The molecule has 1 aliphatic heterocycles. The van der Waals surface area contributed by atoms with Gasteiger partial charge in [0, 0.05) is 23.7 Å². The summed E-state index contributed by atoms with van der Waals surface area (Å²) >= 11 is 0. The number of hydrogen-bond acceptors (Lipinski definition) is 4. The maximum absolute atomic E-state index is 12.3. The highest BCUT2D eigenvalue weighted by Crippen LogP contribution is 2.26. The average molecular weight is 301 g/mol. The van der Waals surface area contributed by atoms with Gasteiger partial charge in [-0.2, -0.15) is 0 Å². The minimum atomic E-state index is -0.361. The van der Waals surface area contributed by atoms with E-state index in [0.717, 1.165) is 41.6 Å². The fourth-order valence-corrected chi connectivity index (χ4v) is 2.78. The lowest BCUT2D eigenvalue weighted by atomic mass is 10.0. The molecule has 1 amide bonds. The van der Waals surface area contributed by atoms with Crippen molar-refractivity contribution in [3.63, 3.8) is 0 Å². The Morgan fingerprint density at radius 2 is 2.05 bits per heavy atom. The molecule has 2 heterocycles. The minimum absolute atomic E-state index is 0.0165. The summed E-state index contributed by atoms with van der Waals surface area (Å²) in [5, 5.41) is 3.81. The van der Waals surface area contributed by atoms with Crippen LogP contribution in [-0.4, -0.2) is 19.1 Å². The van der Waals surface area contributed by atoms with Crippen molar-refractivity contribution in [3.05, 3.63) is 39.7 Å². The number of fused-ring (bicyclic) bond motifs is 1. The van der Waals surface area contributed by atoms with Crippen molar-refractivity contribution in [2.45, 2.75) is 26.7 Å². The van der Waals surface area contributed by atoms with Gasteiger partial charge in [0.05, 0.1) is 12.5 Å². The number of anilines is 1. The number of carbonyl (C=O) groups excluding carboxylic acids is 1. The van der Waals surface area contributed by atoms with Crippen LogP contribution in [0.3, 0.4) is 0 Å². The lowest BCUT2D eigenvalue weighted by Crippen LogP contribution is -2.30. The van der Waals surface area contributed by atoms with Gasteiger partial charge in [-0.1, -0.05) is 0 Å². The Morgan fingerprint density at radius 1 is 1.23 bits per heavy atom. The van der Waals surface area contributed by atoms with E-state index >= 15 is 0 Å². The van der Waals surface area contributed by atoms with Crippen molar-refractivity contribution in [2.24, 2.45) is 5.92 Å². The summed E-state index contributed by atoms with van der Waals surface area (Å²) in [6.45, 7) is 4.95. The number of aryl methyl sites for hydroxylation is 2. The molecular formula is C17H19NO4. The maximum Gasteiger partial charge on any atom is 0.336 e. The Balaban J connectivity index is 1.91.